The van der Waals surface area contributed by atoms with Crippen LogP contribution in [0.5, 0.6) is 5.75 Å². The summed E-state index contributed by atoms with van der Waals surface area (Å²) in [6.45, 7) is 4.11. The minimum absolute atomic E-state index is 0.181. The smallest absolute Gasteiger partial charge is 0.265 e. The second-order valence-electron chi connectivity index (χ2n) is 8.07. The number of ether oxygens (including phenoxy) is 1. The molecule has 0 fully saturated rings. The monoisotopic (exact) mass is 464 g/mol. The molecule has 0 heterocycles. The average molecular weight is 465 g/mol. The molecule has 176 valence electrons. The summed E-state index contributed by atoms with van der Waals surface area (Å²) in [7, 11) is 0. The molecule has 0 aliphatic heterocycles. The summed E-state index contributed by atoms with van der Waals surface area (Å²) in [4.78, 5) is 27.9. The summed E-state index contributed by atoms with van der Waals surface area (Å²) in [6.07, 6.45) is -0.753. The van der Waals surface area contributed by atoms with Gasteiger partial charge >= 0.3 is 0 Å². The molecule has 5 heteroatoms. The molecule has 0 aliphatic carbocycles. The minimum Gasteiger partial charge on any atom is -0.481 e. The molecule has 0 bridgehead atoms. The van der Waals surface area contributed by atoms with Crippen LogP contribution in [0.4, 0.5) is 11.4 Å². The largest absolute Gasteiger partial charge is 0.481 e. The Balaban J connectivity index is 1.45. The topological polar surface area (TPSA) is 58.6 Å². The maximum atomic E-state index is 13.3. The molecule has 5 nitrogen and oxygen atoms in total. The normalized spacial score (nSPS) is 11.4. The highest BCUT2D eigenvalue weighted by Crippen LogP contribution is 2.24. The van der Waals surface area contributed by atoms with Gasteiger partial charge in [0, 0.05) is 12.2 Å². The van der Waals surface area contributed by atoms with Crippen molar-refractivity contribution in [3.63, 3.8) is 0 Å². The van der Waals surface area contributed by atoms with Gasteiger partial charge in [-0.05, 0) is 61.4 Å². The number of anilines is 2. The van der Waals surface area contributed by atoms with Crippen LogP contribution in [0, 0.1) is 0 Å². The zero-order valence-electron chi connectivity index (χ0n) is 19.8. The number of nitrogens with zero attached hydrogens (tertiary/aromatic N) is 1. The first kappa shape index (κ1) is 23.8. The lowest BCUT2D eigenvalue weighted by atomic mass is 10.1. The molecule has 0 saturated heterocycles. The fraction of sp³-hybridized carbons (Fsp3) is 0.133. The molecule has 4 aromatic rings. The number of para-hydroxylation sites is 2. The van der Waals surface area contributed by atoms with Crippen molar-refractivity contribution in [1.29, 1.82) is 0 Å². The second-order valence-corrected chi connectivity index (χ2v) is 8.07. The fourth-order valence-corrected chi connectivity index (χ4v) is 3.82. The summed E-state index contributed by atoms with van der Waals surface area (Å²) >= 11 is 0. The molecular weight excluding hydrogens is 436 g/mol. The first-order valence-electron chi connectivity index (χ1n) is 11.7. The fourth-order valence-electron chi connectivity index (χ4n) is 3.82. The number of nitrogens with one attached hydrogen (secondary N) is 1. The van der Waals surface area contributed by atoms with Crippen molar-refractivity contribution in [2.45, 2.75) is 20.0 Å². The van der Waals surface area contributed by atoms with Gasteiger partial charge in [0.25, 0.3) is 11.8 Å². The van der Waals surface area contributed by atoms with Crippen LogP contribution in [0.2, 0.25) is 0 Å². The van der Waals surface area contributed by atoms with E-state index in [0.717, 1.165) is 16.8 Å². The van der Waals surface area contributed by atoms with Gasteiger partial charge in [0.2, 0.25) is 0 Å². The molecule has 4 aromatic carbocycles. The number of hydrogen-bond donors (Lipinski definition) is 1. The van der Waals surface area contributed by atoms with E-state index in [1.165, 1.54) is 0 Å². The summed E-state index contributed by atoms with van der Waals surface area (Å²) in [5.74, 6) is 0.0812. The third kappa shape index (κ3) is 5.76. The van der Waals surface area contributed by atoms with Crippen LogP contribution in [-0.4, -0.2) is 24.5 Å². The number of amides is 2. The van der Waals surface area contributed by atoms with Gasteiger partial charge in [-0.1, -0.05) is 72.8 Å². The molecular formula is C30H28N2O3. The van der Waals surface area contributed by atoms with Crippen LogP contribution in [0.15, 0.2) is 109 Å². The maximum Gasteiger partial charge on any atom is 0.265 e. The van der Waals surface area contributed by atoms with Gasteiger partial charge < -0.3 is 15.0 Å². The number of benzene rings is 4. The zero-order chi connectivity index (χ0) is 24.6. The summed E-state index contributed by atoms with van der Waals surface area (Å²) < 4.78 is 5.87. The van der Waals surface area contributed by atoms with E-state index < -0.39 is 6.10 Å². The van der Waals surface area contributed by atoms with Crippen LogP contribution in [-0.2, 0) is 4.79 Å². The van der Waals surface area contributed by atoms with Crippen molar-refractivity contribution in [1.82, 2.24) is 0 Å². The number of hydrogen-bond acceptors (Lipinski definition) is 3. The van der Waals surface area contributed by atoms with Gasteiger partial charge in [-0.3, -0.25) is 9.59 Å². The lowest BCUT2D eigenvalue weighted by molar-refractivity contribution is -0.122. The van der Waals surface area contributed by atoms with E-state index in [2.05, 4.69) is 5.32 Å². The van der Waals surface area contributed by atoms with Gasteiger partial charge in [-0.25, -0.2) is 0 Å². The number of carbonyl (C=O) groups is 2. The van der Waals surface area contributed by atoms with Crippen molar-refractivity contribution < 1.29 is 14.3 Å². The molecule has 35 heavy (non-hydrogen) atoms. The van der Waals surface area contributed by atoms with Crippen molar-refractivity contribution in [2.24, 2.45) is 0 Å². The van der Waals surface area contributed by atoms with Crippen LogP contribution in [0.3, 0.4) is 0 Å². The van der Waals surface area contributed by atoms with Crippen LogP contribution in [0.1, 0.15) is 24.2 Å². The third-order valence-corrected chi connectivity index (χ3v) is 5.69. The van der Waals surface area contributed by atoms with Crippen molar-refractivity contribution >= 4 is 23.2 Å². The average Bonchev–Trinajstić information content (AvgIpc) is 2.91. The van der Waals surface area contributed by atoms with Crippen LogP contribution < -0.4 is 15.0 Å². The van der Waals surface area contributed by atoms with E-state index in [1.54, 1.807) is 36.1 Å². The maximum absolute atomic E-state index is 13.3. The van der Waals surface area contributed by atoms with Gasteiger partial charge in [0.1, 0.15) is 5.75 Å². The predicted molar refractivity (Wildman–Crippen MR) is 141 cm³/mol. The Labute approximate surface area is 206 Å². The molecule has 0 aliphatic rings. The van der Waals surface area contributed by atoms with Gasteiger partial charge in [-0.2, -0.15) is 0 Å². The predicted octanol–water partition coefficient (Wildman–Crippen LogP) is 6.43. The van der Waals surface area contributed by atoms with Gasteiger partial charge in [0.15, 0.2) is 6.10 Å². The molecule has 1 atom stereocenters. The zero-order valence-corrected chi connectivity index (χ0v) is 19.8. The van der Waals surface area contributed by atoms with E-state index in [0.29, 0.717) is 23.5 Å². The quantitative estimate of drug-likeness (QED) is 0.327. The highest BCUT2D eigenvalue weighted by Gasteiger charge is 2.22. The Bertz CT molecular complexity index is 1270. The van der Waals surface area contributed by atoms with Crippen molar-refractivity contribution in [3.8, 4) is 16.9 Å². The first-order valence-corrected chi connectivity index (χ1v) is 11.7. The van der Waals surface area contributed by atoms with E-state index in [1.807, 2.05) is 91.9 Å². The summed E-state index contributed by atoms with van der Waals surface area (Å²) in [5.41, 5.74) is 3.86. The molecule has 4 rings (SSSR count). The lowest BCUT2D eigenvalue weighted by Gasteiger charge is -2.23. The summed E-state index contributed by atoms with van der Waals surface area (Å²) in [6, 6.07) is 34.2. The van der Waals surface area contributed by atoms with Gasteiger partial charge in [-0.15, -0.1) is 0 Å². The van der Waals surface area contributed by atoms with Crippen molar-refractivity contribution in [3.05, 3.63) is 115 Å². The molecule has 0 radical (unpaired) electrons. The summed E-state index contributed by atoms with van der Waals surface area (Å²) in [5, 5.41) is 2.87. The van der Waals surface area contributed by atoms with E-state index in [-0.39, 0.29) is 11.8 Å². The van der Waals surface area contributed by atoms with Crippen LogP contribution >= 0.6 is 0 Å². The Morgan fingerprint density at radius 3 is 2.00 bits per heavy atom. The molecule has 2 amide bonds. The van der Waals surface area contributed by atoms with E-state index >= 15 is 0 Å². The van der Waals surface area contributed by atoms with E-state index in [4.69, 9.17) is 4.74 Å². The Morgan fingerprint density at radius 1 is 0.771 bits per heavy atom. The Hall–Kier alpha value is -4.38. The van der Waals surface area contributed by atoms with Gasteiger partial charge in [0.05, 0.1) is 11.3 Å². The van der Waals surface area contributed by atoms with Crippen molar-refractivity contribution in [2.75, 3.05) is 16.8 Å². The molecule has 0 spiro atoms. The second kappa shape index (κ2) is 11.2. The standard InChI is InChI=1S/C30H28N2O3/c1-3-32(25-14-8-5-9-15-25)30(34)27-16-10-11-17-28(27)31-29(33)22(2)35-26-20-18-24(19-21-26)23-12-6-4-7-13-23/h4-22H,3H2,1-2H3,(H,31,33). The Kier molecular flexibility index (Phi) is 7.58. The third-order valence-electron chi connectivity index (χ3n) is 5.69. The molecule has 1 N–H and O–H groups in total. The Morgan fingerprint density at radius 2 is 1.34 bits per heavy atom. The number of carbonyl (C=O) groups excluding carboxylic acids is 2. The molecule has 0 aromatic heterocycles. The highest BCUT2D eigenvalue weighted by atomic mass is 16.5. The lowest BCUT2D eigenvalue weighted by Crippen LogP contribution is -2.33. The number of rotatable bonds is 8. The SMILES string of the molecule is CCN(C(=O)c1ccccc1NC(=O)C(C)Oc1ccc(-c2ccccc2)cc1)c1ccccc1. The van der Waals surface area contributed by atoms with E-state index in [9.17, 15) is 9.59 Å². The molecule has 1 unspecified atom stereocenters. The molecule has 0 saturated carbocycles. The minimum atomic E-state index is -0.753. The highest BCUT2D eigenvalue weighted by molar-refractivity contribution is 6.11. The first-order chi connectivity index (χ1) is 17.1. The van der Waals surface area contributed by atoms with Crippen LogP contribution in [0.25, 0.3) is 11.1 Å².